The number of halogens is 15. The van der Waals surface area contributed by atoms with Crippen LogP contribution in [-0.4, -0.2) is 39.7 Å². The van der Waals surface area contributed by atoms with Crippen molar-refractivity contribution in [3.63, 3.8) is 0 Å². The second-order valence-electron chi connectivity index (χ2n) is 13.6. The summed E-state index contributed by atoms with van der Waals surface area (Å²) in [5.74, 6) is -37.4. The van der Waals surface area contributed by atoms with Gasteiger partial charge in [0, 0.05) is 11.3 Å². The minimum Gasteiger partial charge on any atom is -0.352 e. The number of fused-ring (bicyclic) bond motifs is 20. The van der Waals surface area contributed by atoms with Gasteiger partial charge in [-0.2, -0.15) is 0 Å². The number of aryl methyl sites for hydroxylation is 1. The van der Waals surface area contributed by atoms with Crippen molar-refractivity contribution in [2.75, 3.05) is 5.32 Å². The van der Waals surface area contributed by atoms with Crippen LogP contribution in [0.15, 0.2) is 30.3 Å². The number of anilines is 2. The molecule has 9 nitrogen and oxygen atoms in total. The van der Waals surface area contributed by atoms with Crippen molar-refractivity contribution in [1.82, 2.24) is 39.7 Å². The van der Waals surface area contributed by atoms with E-state index in [-0.39, 0.29) is 11.8 Å². The number of para-hydroxylation sites is 1. The van der Waals surface area contributed by atoms with E-state index in [4.69, 9.17) is 0 Å². The van der Waals surface area contributed by atoms with Gasteiger partial charge in [-0.15, -0.1) is 4.79 Å². The van der Waals surface area contributed by atoms with E-state index in [1.54, 1.807) is 6.07 Å². The van der Waals surface area contributed by atoms with Gasteiger partial charge < -0.3 is 10.3 Å². The van der Waals surface area contributed by atoms with Crippen molar-refractivity contribution in [1.29, 1.82) is 0 Å². The maximum Gasteiger partial charge on any atom is 0.198 e. The van der Waals surface area contributed by atoms with Crippen molar-refractivity contribution in [2.45, 2.75) is 6.92 Å². The molecule has 0 amide bonds. The first kappa shape index (κ1) is 39.4. The second-order valence-corrected chi connectivity index (χ2v) is 13.6. The number of rotatable bonds is 2. The Morgan fingerprint density at radius 1 is 0.460 bits per heavy atom. The standard InChI is InChI=1S/C39H10F15N9/c1-7-4-2-3-5-10(7)55-31-17-14(22(45)29(52)30(31)53)35-57-32-8-6-9(40)18(41)19(42)11(8)33(56-32)61-38-15-16(24(47)28(51)27(50)23(15)46)39(63(38)54)62-36-13-12(34(58-36)59-37(17)60-35)20(43)25(48)26(49)21(13)44/h2-6,55H,1H3,(H,56,57,58,59,60,61,62). The van der Waals surface area contributed by atoms with Gasteiger partial charge in [-0.3, -0.25) is 0 Å². The van der Waals surface area contributed by atoms with Crippen LogP contribution >= 0.6 is 0 Å². The summed E-state index contributed by atoms with van der Waals surface area (Å²) in [7, 11) is 0. The fraction of sp³-hybridized carbons (Fsp3) is 0.0256. The molecule has 0 saturated heterocycles. The van der Waals surface area contributed by atoms with Gasteiger partial charge in [-0.25, -0.2) is 91.4 Å². The molecule has 316 valence electrons. The summed E-state index contributed by atoms with van der Waals surface area (Å²) in [5, 5.41) is -2.76. The molecule has 2 N–H and O–H groups in total. The lowest BCUT2D eigenvalue weighted by Crippen LogP contribution is -2.02. The minimum absolute atomic E-state index is 0.0416. The van der Waals surface area contributed by atoms with Gasteiger partial charge in [-0.05, 0) is 24.6 Å². The molecule has 8 bridgehead atoms. The van der Waals surface area contributed by atoms with Crippen molar-refractivity contribution in [3.8, 4) is 45.6 Å². The molecule has 10 rings (SSSR count). The average molecular weight is 890 g/mol. The van der Waals surface area contributed by atoms with E-state index in [2.05, 4.69) is 40.2 Å². The van der Waals surface area contributed by atoms with Gasteiger partial charge in [0.25, 0.3) is 0 Å². The van der Waals surface area contributed by atoms with Gasteiger partial charge >= 0.3 is 0 Å². The van der Waals surface area contributed by atoms with Gasteiger partial charge in [0.15, 0.2) is 116 Å². The van der Waals surface area contributed by atoms with Crippen molar-refractivity contribution in [2.24, 2.45) is 0 Å². The molecule has 0 atom stereocenters. The van der Waals surface area contributed by atoms with E-state index in [9.17, 15) is 26.3 Å². The summed E-state index contributed by atoms with van der Waals surface area (Å²) in [4.78, 5) is 23.8. The summed E-state index contributed by atoms with van der Waals surface area (Å²) in [6.07, 6.45) is 0. The third kappa shape index (κ3) is 5.29. The number of aromatic nitrogens is 8. The number of benzene rings is 5. The second kappa shape index (κ2) is 13.4. The van der Waals surface area contributed by atoms with E-state index < -0.39 is 182 Å². The maximum atomic E-state index is 16.6. The highest BCUT2D eigenvalue weighted by molar-refractivity contribution is 6.13. The zero-order valence-corrected chi connectivity index (χ0v) is 30.2. The Bertz CT molecular complexity index is 3640. The summed E-state index contributed by atoms with van der Waals surface area (Å²) in [5.41, 5.74) is -11.1. The summed E-state index contributed by atoms with van der Waals surface area (Å²) >= 11 is 0. The van der Waals surface area contributed by atoms with Crippen LogP contribution in [0.1, 0.15) is 5.56 Å². The van der Waals surface area contributed by atoms with Gasteiger partial charge in [-0.1, -0.05) is 22.7 Å². The molecule has 63 heavy (non-hydrogen) atoms. The molecular weight excluding hydrogens is 879 g/mol. The zero-order valence-electron chi connectivity index (χ0n) is 30.2. The predicted octanol–water partition coefficient (Wildman–Crippen LogP) is 11.1. The van der Waals surface area contributed by atoms with E-state index in [0.717, 1.165) is 0 Å². The molecule has 0 aliphatic carbocycles. The van der Waals surface area contributed by atoms with Crippen molar-refractivity contribution < 1.29 is 65.9 Å². The summed E-state index contributed by atoms with van der Waals surface area (Å²) in [6.45, 7) is 1.50. The molecule has 2 aliphatic rings. The van der Waals surface area contributed by atoms with Crippen molar-refractivity contribution >= 4 is 55.5 Å². The fourth-order valence-corrected chi connectivity index (χ4v) is 7.25. The topological polar surface area (TPSA) is 110 Å². The minimum atomic E-state index is -2.61. The largest absolute Gasteiger partial charge is 0.352 e. The molecule has 5 aromatic carbocycles. The lowest BCUT2D eigenvalue weighted by atomic mass is 10.1. The molecule has 24 heteroatoms. The first-order chi connectivity index (χ1) is 29.9. The van der Waals surface area contributed by atoms with E-state index >= 15 is 39.6 Å². The Morgan fingerprint density at radius 2 is 0.921 bits per heavy atom. The first-order valence-electron chi connectivity index (χ1n) is 17.3. The molecule has 0 spiro atoms. The van der Waals surface area contributed by atoms with Gasteiger partial charge in [0.1, 0.15) is 11.3 Å². The average Bonchev–Trinajstić information content (AvgIpc) is 3.98. The maximum absolute atomic E-state index is 16.6. The predicted molar refractivity (Wildman–Crippen MR) is 190 cm³/mol. The molecule has 0 unspecified atom stereocenters. The van der Waals surface area contributed by atoms with Gasteiger partial charge in [0.05, 0.1) is 43.9 Å². The lowest BCUT2D eigenvalue weighted by molar-refractivity contribution is 0.398. The van der Waals surface area contributed by atoms with Gasteiger partial charge in [0.2, 0.25) is 0 Å². The molecule has 0 saturated carbocycles. The summed E-state index contributed by atoms with van der Waals surface area (Å²) in [6, 6.07) is 6.08. The highest BCUT2D eigenvalue weighted by Gasteiger charge is 2.36. The molecule has 3 aromatic heterocycles. The number of hydrogen-bond acceptors (Lipinski definition) is 7. The Balaban J connectivity index is 1.50. The Morgan fingerprint density at radius 3 is 1.52 bits per heavy atom. The normalized spacial score (nSPS) is 12.1. The first-order valence-corrected chi connectivity index (χ1v) is 17.3. The molecule has 2 aliphatic heterocycles. The van der Waals surface area contributed by atoms with Crippen LogP contribution in [0.2, 0.25) is 0 Å². The SMILES string of the molecule is Cc1ccccc1Nc1c(F)c(F)c(F)c2c3nc4nc(nc5c6c(F)c(F)c(F)c(F)c6c(nc6nc(nc([nH]3)c12)-c1c(F)c(F)c(F)c(F)c1-6)n5F)-c1c-4cc(F)c(F)c1F. The van der Waals surface area contributed by atoms with Crippen LogP contribution in [-0.2, 0) is 0 Å². The Labute approximate surface area is 336 Å². The molecular formula is C39H10F15N9. The van der Waals surface area contributed by atoms with E-state index in [1.807, 2.05) is 0 Å². The van der Waals surface area contributed by atoms with Crippen molar-refractivity contribution in [3.05, 3.63) is 117 Å². The highest BCUT2D eigenvalue weighted by atomic mass is 19.2. The van der Waals surface area contributed by atoms with Crippen LogP contribution in [0.3, 0.4) is 0 Å². The smallest absolute Gasteiger partial charge is 0.198 e. The number of nitrogens with zero attached hydrogens (tertiary/aromatic N) is 7. The monoisotopic (exact) mass is 889 g/mol. The number of aromatic amines is 1. The van der Waals surface area contributed by atoms with E-state index in [0.29, 0.717) is 5.56 Å². The molecule has 8 aromatic rings. The molecule has 0 radical (unpaired) electrons. The third-order valence-electron chi connectivity index (χ3n) is 10.1. The number of H-pyrrole nitrogens is 1. The zero-order chi connectivity index (χ0) is 44.8. The summed E-state index contributed by atoms with van der Waals surface area (Å²) < 4.78 is 232. The molecule has 5 heterocycles. The molecule has 0 fully saturated rings. The lowest BCUT2D eigenvalue weighted by Gasteiger charge is -2.13. The van der Waals surface area contributed by atoms with Crippen LogP contribution < -0.4 is 5.32 Å². The quantitative estimate of drug-likeness (QED) is 0.101. The third-order valence-corrected chi connectivity index (χ3v) is 10.1. The highest BCUT2D eigenvalue weighted by Crippen LogP contribution is 2.45. The van der Waals surface area contributed by atoms with E-state index in [1.165, 1.54) is 25.1 Å². The number of nitrogens with one attached hydrogen (secondary N) is 2. The van der Waals surface area contributed by atoms with Crippen LogP contribution in [0.5, 0.6) is 0 Å². The van der Waals surface area contributed by atoms with Crippen LogP contribution in [0, 0.1) is 88.4 Å². The van der Waals surface area contributed by atoms with Crippen LogP contribution in [0.4, 0.5) is 77.3 Å². The van der Waals surface area contributed by atoms with Crippen LogP contribution in [0.25, 0.3) is 89.7 Å². The fourth-order valence-electron chi connectivity index (χ4n) is 7.25. The number of hydrogen-bond donors (Lipinski definition) is 2. The Kier molecular flexibility index (Phi) is 8.34. The Hall–Kier alpha value is -7.79.